The van der Waals surface area contributed by atoms with E-state index in [2.05, 4.69) is 5.32 Å². The van der Waals surface area contributed by atoms with Crippen molar-refractivity contribution in [3.8, 4) is 0 Å². The van der Waals surface area contributed by atoms with E-state index in [4.69, 9.17) is 0 Å². The molecule has 0 heterocycles. The van der Waals surface area contributed by atoms with Crippen LogP contribution < -0.4 is 5.32 Å². The van der Waals surface area contributed by atoms with Crippen LogP contribution in [0.15, 0.2) is 42.5 Å². The molecule has 5 nitrogen and oxygen atoms in total. The number of rotatable bonds is 3. The number of benzene rings is 2. The molecule has 0 aromatic heterocycles. The summed E-state index contributed by atoms with van der Waals surface area (Å²) in [6.45, 7) is 3.69. The van der Waals surface area contributed by atoms with Crippen molar-refractivity contribution in [2.75, 3.05) is 5.32 Å². The Morgan fingerprint density at radius 2 is 1.90 bits per heavy atom. The van der Waals surface area contributed by atoms with Crippen LogP contribution in [0.1, 0.15) is 21.5 Å². The van der Waals surface area contributed by atoms with Crippen molar-refractivity contribution in [2.45, 2.75) is 13.8 Å². The van der Waals surface area contributed by atoms with Crippen LogP contribution in [-0.4, -0.2) is 10.8 Å². The van der Waals surface area contributed by atoms with Gasteiger partial charge in [-0.25, -0.2) is 0 Å². The Labute approximate surface area is 116 Å². The molecular formula is C15H14N2O3. The molecule has 2 aromatic rings. The Morgan fingerprint density at radius 3 is 2.55 bits per heavy atom. The van der Waals surface area contributed by atoms with E-state index in [1.807, 2.05) is 13.0 Å². The van der Waals surface area contributed by atoms with Gasteiger partial charge in [0.05, 0.1) is 10.6 Å². The highest BCUT2D eigenvalue weighted by Crippen LogP contribution is 2.22. The quantitative estimate of drug-likeness (QED) is 0.685. The van der Waals surface area contributed by atoms with Crippen molar-refractivity contribution in [3.63, 3.8) is 0 Å². The van der Waals surface area contributed by atoms with Crippen LogP contribution in [0.5, 0.6) is 0 Å². The van der Waals surface area contributed by atoms with Crippen molar-refractivity contribution < 1.29 is 9.72 Å². The van der Waals surface area contributed by atoms with Gasteiger partial charge in [-0.2, -0.15) is 0 Å². The lowest BCUT2D eigenvalue weighted by atomic mass is 10.1. The Hall–Kier alpha value is -2.69. The van der Waals surface area contributed by atoms with Crippen molar-refractivity contribution >= 4 is 17.3 Å². The maximum Gasteiger partial charge on any atom is 0.271 e. The maximum absolute atomic E-state index is 12.1. The molecule has 0 fully saturated rings. The number of carbonyl (C=O) groups excluding carboxylic acids is 1. The molecule has 1 N–H and O–H groups in total. The first-order chi connectivity index (χ1) is 9.47. The molecule has 0 saturated carbocycles. The fourth-order valence-electron chi connectivity index (χ4n) is 1.84. The monoisotopic (exact) mass is 270 g/mol. The van der Waals surface area contributed by atoms with Crippen molar-refractivity contribution in [2.24, 2.45) is 0 Å². The zero-order chi connectivity index (χ0) is 14.7. The molecule has 0 aliphatic heterocycles. The van der Waals surface area contributed by atoms with Crippen LogP contribution in [0.25, 0.3) is 0 Å². The van der Waals surface area contributed by atoms with Gasteiger partial charge >= 0.3 is 0 Å². The molecule has 0 saturated heterocycles. The Bertz CT molecular complexity index is 681. The SMILES string of the molecule is Cc1cccc(C(=O)Nc2cc([N+](=O)[O-])ccc2C)c1. The topological polar surface area (TPSA) is 72.2 Å². The zero-order valence-corrected chi connectivity index (χ0v) is 11.2. The summed E-state index contributed by atoms with van der Waals surface area (Å²) in [5.41, 5.74) is 2.68. The van der Waals surface area contributed by atoms with E-state index in [0.717, 1.165) is 11.1 Å². The van der Waals surface area contributed by atoms with Gasteiger partial charge in [0.1, 0.15) is 0 Å². The molecular weight excluding hydrogens is 256 g/mol. The zero-order valence-electron chi connectivity index (χ0n) is 11.2. The predicted octanol–water partition coefficient (Wildman–Crippen LogP) is 3.46. The van der Waals surface area contributed by atoms with E-state index in [1.54, 1.807) is 31.2 Å². The Kier molecular flexibility index (Phi) is 3.79. The number of nitrogens with zero attached hydrogens (tertiary/aromatic N) is 1. The third kappa shape index (κ3) is 3.00. The van der Waals surface area contributed by atoms with Crippen molar-refractivity contribution in [1.29, 1.82) is 0 Å². The van der Waals surface area contributed by atoms with Crippen molar-refractivity contribution in [3.05, 3.63) is 69.3 Å². The van der Waals surface area contributed by atoms with Crippen LogP contribution >= 0.6 is 0 Å². The van der Waals surface area contributed by atoms with E-state index >= 15 is 0 Å². The molecule has 1 amide bonds. The van der Waals surface area contributed by atoms with Gasteiger partial charge in [0.15, 0.2) is 0 Å². The normalized spacial score (nSPS) is 10.1. The van der Waals surface area contributed by atoms with E-state index < -0.39 is 4.92 Å². The van der Waals surface area contributed by atoms with E-state index in [-0.39, 0.29) is 11.6 Å². The first-order valence-electron chi connectivity index (χ1n) is 6.10. The average molecular weight is 270 g/mol. The van der Waals surface area contributed by atoms with E-state index in [9.17, 15) is 14.9 Å². The number of carbonyl (C=O) groups is 1. The summed E-state index contributed by atoms with van der Waals surface area (Å²) in [5.74, 6) is -0.280. The molecule has 0 spiro atoms. The van der Waals surface area contributed by atoms with Gasteiger partial charge in [-0.1, -0.05) is 23.8 Å². The Morgan fingerprint density at radius 1 is 1.15 bits per heavy atom. The minimum absolute atomic E-state index is 0.0462. The van der Waals surface area contributed by atoms with Crippen LogP contribution in [0.3, 0.4) is 0 Å². The molecule has 0 aliphatic carbocycles. The van der Waals surface area contributed by atoms with Gasteiger partial charge in [0.25, 0.3) is 11.6 Å². The second-order valence-electron chi connectivity index (χ2n) is 4.58. The second kappa shape index (κ2) is 5.52. The minimum atomic E-state index is -0.484. The standard InChI is InChI=1S/C15H14N2O3/c1-10-4-3-5-12(8-10)15(18)16-14-9-13(17(19)20)7-6-11(14)2/h3-9H,1-2H3,(H,16,18). The number of hydrogen-bond donors (Lipinski definition) is 1. The van der Waals surface area contributed by atoms with E-state index in [1.165, 1.54) is 12.1 Å². The van der Waals surface area contributed by atoms with E-state index in [0.29, 0.717) is 11.3 Å². The molecule has 0 radical (unpaired) electrons. The van der Waals surface area contributed by atoms with Crippen LogP contribution in [0, 0.1) is 24.0 Å². The number of hydrogen-bond acceptors (Lipinski definition) is 3. The fraction of sp³-hybridized carbons (Fsp3) is 0.133. The maximum atomic E-state index is 12.1. The summed E-state index contributed by atoms with van der Waals surface area (Å²) in [7, 11) is 0. The molecule has 102 valence electrons. The smallest absolute Gasteiger partial charge is 0.271 e. The third-order valence-electron chi connectivity index (χ3n) is 2.96. The highest BCUT2D eigenvalue weighted by atomic mass is 16.6. The van der Waals surface area contributed by atoms with Crippen LogP contribution in [0.2, 0.25) is 0 Å². The fourth-order valence-corrected chi connectivity index (χ4v) is 1.84. The first-order valence-corrected chi connectivity index (χ1v) is 6.10. The largest absolute Gasteiger partial charge is 0.321 e. The minimum Gasteiger partial charge on any atom is -0.321 e. The van der Waals surface area contributed by atoms with Crippen LogP contribution in [0.4, 0.5) is 11.4 Å². The molecule has 2 rings (SSSR count). The highest BCUT2D eigenvalue weighted by molar-refractivity contribution is 6.04. The lowest BCUT2D eigenvalue weighted by Crippen LogP contribution is -2.13. The second-order valence-corrected chi connectivity index (χ2v) is 4.58. The number of aryl methyl sites for hydroxylation is 2. The molecule has 0 atom stereocenters. The molecule has 0 aliphatic rings. The van der Waals surface area contributed by atoms with Gasteiger partial charge in [0, 0.05) is 17.7 Å². The number of non-ortho nitro benzene ring substituents is 1. The summed E-state index contributed by atoms with van der Waals surface area (Å²) < 4.78 is 0. The van der Waals surface area contributed by atoms with Crippen molar-refractivity contribution in [1.82, 2.24) is 0 Å². The van der Waals surface area contributed by atoms with Gasteiger partial charge in [0.2, 0.25) is 0 Å². The number of nitro benzene ring substituents is 1. The molecule has 5 heteroatoms. The lowest BCUT2D eigenvalue weighted by molar-refractivity contribution is -0.384. The average Bonchev–Trinajstić information content (AvgIpc) is 2.41. The third-order valence-corrected chi connectivity index (χ3v) is 2.96. The molecule has 0 bridgehead atoms. The molecule has 0 unspecified atom stereocenters. The molecule has 20 heavy (non-hydrogen) atoms. The van der Waals surface area contributed by atoms with Gasteiger partial charge in [-0.3, -0.25) is 14.9 Å². The summed E-state index contributed by atoms with van der Waals surface area (Å²) in [4.78, 5) is 22.4. The lowest BCUT2D eigenvalue weighted by Gasteiger charge is -2.08. The van der Waals surface area contributed by atoms with Gasteiger partial charge < -0.3 is 5.32 Å². The summed E-state index contributed by atoms with van der Waals surface area (Å²) in [6, 6.07) is 11.6. The van der Waals surface area contributed by atoms with Gasteiger partial charge in [-0.15, -0.1) is 0 Å². The highest BCUT2D eigenvalue weighted by Gasteiger charge is 2.12. The number of amides is 1. The molecule has 2 aromatic carbocycles. The first kappa shape index (κ1) is 13.7. The summed E-state index contributed by atoms with van der Waals surface area (Å²) >= 11 is 0. The Balaban J connectivity index is 2.27. The summed E-state index contributed by atoms with van der Waals surface area (Å²) in [5, 5.41) is 13.5. The summed E-state index contributed by atoms with van der Waals surface area (Å²) in [6.07, 6.45) is 0. The predicted molar refractivity (Wildman–Crippen MR) is 77.0 cm³/mol. The van der Waals surface area contributed by atoms with Gasteiger partial charge in [-0.05, 0) is 31.5 Å². The number of nitrogens with one attached hydrogen (secondary N) is 1. The number of anilines is 1. The van der Waals surface area contributed by atoms with Crippen LogP contribution in [-0.2, 0) is 0 Å². The number of nitro groups is 1.